The summed E-state index contributed by atoms with van der Waals surface area (Å²) in [5.41, 5.74) is 5.08. The highest BCUT2D eigenvalue weighted by Gasteiger charge is 2.42. The van der Waals surface area contributed by atoms with Crippen LogP contribution in [-0.4, -0.2) is 41.2 Å². The molecule has 3 saturated heterocycles. The highest BCUT2D eigenvalue weighted by Crippen LogP contribution is 2.43. The molecule has 1 aromatic heterocycles. The summed E-state index contributed by atoms with van der Waals surface area (Å²) in [4.78, 5) is 7.46. The summed E-state index contributed by atoms with van der Waals surface area (Å²) in [6.45, 7) is 6.60. The van der Waals surface area contributed by atoms with Crippen molar-refractivity contribution in [2.45, 2.75) is 45.3 Å². The molecule has 5 atom stereocenters. The molecule has 0 aliphatic carbocycles. The molecule has 0 spiro atoms. The number of nitrogens with zero attached hydrogens (tertiary/aromatic N) is 2. The maximum absolute atomic E-state index is 11.7. The first-order valence-corrected chi connectivity index (χ1v) is 11.5. The van der Waals surface area contributed by atoms with Gasteiger partial charge in [-0.2, -0.15) is 0 Å². The average Bonchev–Trinajstić information content (AvgIpc) is 2.83. The van der Waals surface area contributed by atoms with Crippen LogP contribution in [0.3, 0.4) is 0 Å². The minimum Gasteiger partial charge on any atom is -0.497 e. The van der Waals surface area contributed by atoms with E-state index < -0.39 is 6.10 Å². The first kappa shape index (κ1) is 23.0. The Morgan fingerprint density at radius 1 is 1.16 bits per heavy atom. The molecule has 5 heteroatoms. The predicted octanol–water partition coefficient (Wildman–Crippen LogP) is 5.79. The zero-order valence-electron chi connectivity index (χ0n) is 19.1. The van der Waals surface area contributed by atoms with E-state index in [1.807, 2.05) is 18.2 Å². The third-order valence-corrected chi connectivity index (χ3v) is 7.54. The summed E-state index contributed by atoms with van der Waals surface area (Å²) in [6, 6.07) is 16.7. The van der Waals surface area contributed by atoms with Crippen molar-refractivity contribution >= 4 is 23.3 Å². The number of methoxy groups -OCH3 is 1. The lowest BCUT2D eigenvalue weighted by Gasteiger charge is -2.51. The van der Waals surface area contributed by atoms with Crippen molar-refractivity contribution < 1.29 is 9.84 Å². The van der Waals surface area contributed by atoms with E-state index in [-0.39, 0.29) is 18.4 Å². The Balaban J connectivity index is 0.00000245. The summed E-state index contributed by atoms with van der Waals surface area (Å²) < 4.78 is 5.49. The number of pyridine rings is 1. The van der Waals surface area contributed by atoms with E-state index in [1.54, 1.807) is 7.11 Å². The monoisotopic (exact) mass is 452 g/mol. The second-order valence-corrected chi connectivity index (χ2v) is 9.31. The molecular formula is C27H33ClN2O2. The Morgan fingerprint density at radius 3 is 2.59 bits per heavy atom. The molecular weight excluding hydrogens is 420 g/mol. The highest BCUT2D eigenvalue weighted by molar-refractivity contribution is 5.87. The van der Waals surface area contributed by atoms with Crippen molar-refractivity contribution in [3.05, 3.63) is 59.7 Å². The van der Waals surface area contributed by atoms with Gasteiger partial charge in [0.25, 0.3) is 0 Å². The van der Waals surface area contributed by atoms with Crippen molar-refractivity contribution in [2.24, 2.45) is 11.8 Å². The average molecular weight is 453 g/mol. The van der Waals surface area contributed by atoms with E-state index >= 15 is 0 Å². The zero-order valence-corrected chi connectivity index (χ0v) is 19.9. The van der Waals surface area contributed by atoms with Crippen LogP contribution < -0.4 is 4.74 Å². The number of aliphatic hydroxyl groups excluding tert-OH is 1. The number of ether oxygens (including phenoxy) is 1. The van der Waals surface area contributed by atoms with Gasteiger partial charge in [0.1, 0.15) is 5.75 Å². The molecule has 170 valence electrons. The molecule has 2 aromatic carbocycles. The van der Waals surface area contributed by atoms with Crippen LogP contribution in [0.1, 0.15) is 43.4 Å². The number of piperidine rings is 3. The van der Waals surface area contributed by atoms with E-state index in [1.165, 1.54) is 18.4 Å². The van der Waals surface area contributed by atoms with Crippen molar-refractivity contribution in [1.82, 2.24) is 9.88 Å². The lowest BCUT2D eigenvalue weighted by molar-refractivity contribution is -0.0562. The molecule has 1 unspecified atom stereocenters. The Bertz CT molecular complexity index is 1080. The fourth-order valence-electron chi connectivity index (χ4n) is 5.65. The number of benzene rings is 2. The molecule has 3 fully saturated rings. The second kappa shape index (κ2) is 9.38. The van der Waals surface area contributed by atoms with E-state index in [0.29, 0.717) is 0 Å². The van der Waals surface area contributed by atoms with Crippen molar-refractivity contribution in [1.29, 1.82) is 0 Å². The number of rotatable bonds is 5. The topological polar surface area (TPSA) is 45.6 Å². The molecule has 0 saturated carbocycles. The molecule has 32 heavy (non-hydrogen) atoms. The maximum atomic E-state index is 11.7. The number of fused-ring (bicyclic) bond motifs is 4. The molecule has 3 aliphatic heterocycles. The third kappa shape index (κ3) is 4.12. The van der Waals surface area contributed by atoms with Crippen LogP contribution in [-0.2, 0) is 0 Å². The van der Waals surface area contributed by atoms with Gasteiger partial charge in [-0.15, -0.1) is 12.4 Å². The minimum atomic E-state index is -0.539. The third-order valence-electron chi connectivity index (χ3n) is 7.54. The van der Waals surface area contributed by atoms with Crippen LogP contribution in [0, 0.1) is 18.8 Å². The number of hydrogen-bond acceptors (Lipinski definition) is 4. The van der Waals surface area contributed by atoms with Gasteiger partial charge in [0.2, 0.25) is 0 Å². The van der Waals surface area contributed by atoms with Gasteiger partial charge in [-0.05, 0) is 68.0 Å². The summed E-state index contributed by atoms with van der Waals surface area (Å²) in [5, 5.41) is 12.7. The van der Waals surface area contributed by atoms with E-state index in [0.717, 1.165) is 64.8 Å². The first-order valence-electron chi connectivity index (χ1n) is 11.5. The second-order valence-electron chi connectivity index (χ2n) is 9.31. The molecule has 3 aromatic rings. The van der Waals surface area contributed by atoms with Crippen LogP contribution in [0.4, 0.5) is 0 Å². The lowest BCUT2D eigenvalue weighted by Crippen LogP contribution is -2.55. The molecule has 1 N–H and O–H groups in total. The summed E-state index contributed by atoms with van der Waals surface area (Å²) in [6.07, 6.45) is 3.04. The first-order chi connectivity index (χ1) is 15.1. The van der Waals surface area contributed by atoms with Crippen molar-refractivity contribution in [2.75, 3.05) is 20.2 Å². The lowest BCUT2D eigenvalue weighted by atomic mass is 9.72. The molecule has 0 radical (unpaired) electrons. The van der Waals surface area contributed by atoms with Gasteiger partial charge in [-0.3, -0.25) is 4.90 Å². The molecule has 4 nitrogen and oxygen atoms in total. The molecule has 6 rings (SSSR count). The van der Waals surface area contributed by atoms with Gasteiger partial charge in [-0.25, -0.2) is 4.98 Å². The Kier molecular flexibility index (Phi) is 6.75. The summed E-state index contributed by atoms with van der Waals surface area (Å²) in [7, 11) is 1.68. The van der Waals surface area contributed by atoms with E-state index in [2.05, 4.69) is 49.1 Å². The smallest absolute Gasteiger partial charge is 0.119 e. The molecule has 4 heterocycles. The van der Waals surface area contributed by atoms with E-state index in [4.69, 9.17) is 9.72 Å². The Labute approximate surface area is 197 Å². The quantitative estimate of drug-likeness (QED) is 0.531. The summed E-state index contributed by atoms with van der Waals surface area (Å²) >= 11 is 0. The largest absolute Gasteiger partial charge is 0.497 e. The van der Waals surface area contributed by atoms with Gasteiger partial charge < -0.3 is 9.84 Å². The summed E-state index contributed by atoms with van der Waals surface area (Å²) in [5.74, 6) is 2.30. The fourth-order valence-corrected chi connectivity index (χ4v) is 5.65. The standard InChI is InChI=1S/C27H32N2O2.ClH/c1-4-18-16-29-12-11-20(18)13-26(29)27(30)23-15-25(19-7-5-17(2)6-8-19)28-24-10-9-21(31-3)14-22(23)24;/h5-10,14-15,18,20,26-27,30H,4,11-13,16H2,1-3H3;1H/t18-,20+,26-,27+;/m0./s1. The van der Waals surface area contributed by atoms with Gasteiger partial charge in [0, 0.05) is 23.5 Å². The Morgan fingerprint density at radius 2 is 1.94 bits per heavy atom. The van der Waals surface area contributed by atoms with Gasteiger partial charge >= 0.3 is 0 Å². The van der Waals surface area contributed by atoms with Crippen LogP contribution in [0.2, 0.25) is 0 Å². The predicted molar refractivity (Wildman–Crippen MR) is 133 cm³/mol. The van der Waals surface area contributed by atoms with Crippen LogP contribution in [0.5, 0.6) is 5.75 Å². The molecule has 2 bridgehead atoms. The van der Waals surface area contributed by atoms with Gasteiger partial charge in [-0.1, -0.05) is 43.2 Å². The van der Waals surface area contributed by atoms with Crippen LogP contribution in [0.15, 0.2) is 48.5 Å². The number of aliphatic hydroxyl groups is 1. The number of halogens is 1. The van der Waals surface area contributed by atoms with Gasteiger partial charge in [0.15, 0.2) is 0 Å². The molecule has 0 amide bonds. The number of aryl methyl sites for hydroxylation is 1. The number of aromatic nitrogens is 1. The normalized spacial score (nSPS) is 25.4. The fraction of sp³-hybridized carbons (Fsp3) is 0.444. The zero-order chi connectivity index (χ0) is 21.5. The van der Waals surface area contributed by atoms with Crippen molar-refractivity contribution in [3.8, 4) is 17.0 Å². The van der Waals surface area contributed by atoms with Crippen LogP contribution in [0.25, 0.3) is 22.2 Å². The van der Waals surface area contributed by atoms with E-state index in [9.17, 15) is 5.11 Å². The van der Waals surface area contributed by atoms with Gasteiger partial charge in [0.05, 0.1) is 24.4 Å². The minimum absolute atomic E-state index is 0. The number of hydrogen-bond donors (Lipinski definition) is 1. The molecule has 3 aliphatic rings. The highest BCUT2D eigenvalue weighted by atomic mass is 35.5. The maximum Gasteiger partial charge on any atom is 0.119 e. The van der Waals surface area contributed by atoms with Crippen molar-refractivity contribution in [3.63, 3.8) is 0 Å². The SMILES string of the molecule is CC[C@H]1CN2CC[C@@H]1C[C@H]2[C@H](O)c1cc(-c2ccc(C)cc2)nc2ccc(OC)cc12.Cl. The Hall–Kier alpha value is -2.14. The van der Waals surface area contributed by atoms with Crippen LogP contribution >= 0.6 is 12.4 Å².